The molecule has 8 heteroatoms. The fourth-order valence-corrected chi connectivity index (χ4v) is 2.88. The number of nitro groups is 1. The van der Waals surface area contributed by atoms with Gasteiger partial charge in [-0.2, -0.15) is 0 Å². The van der Waals surface area contributed by atoms with Crippen molar-refractivity contribution in [1.82, 2.24) is 0 Å². The molecule has 0 fully saturated rings. The lowest BCUT2D eigenvalue weighted by molar-refractivity contribution is -0.383. The number of halogens is 2. The molecule has 2 rings (SSSR count). The van der Waals surface area contributed by atoms with E-state index in [0.29, 0.717) is 5.56 Å². The Morgan fingerprint density at radius 3 is 2.74 bits per heavy atom. The van der Waals surface area contributed by atoms with Crippen LogP contribution in [0.3, 0.4) is 0 Å². The molecular weight excluding hydrogens is 403 g/mol. The highest BCUT2D eigenvalue weighted by Crippen LogP contribution is 2.28. The van der Waals surface area contributed by atoms with Crippen molar-refractivity contribution in [3.05, 3.63) is 53.2 Å². The van der Waals surface area contributed by atoms with Gasteiger partial charge in [-0.1, -0.05) is 11.6 Å². The predicted octanol–water partition coefficient (Wildman–Crippen LogP) is 4.17. The summed E-state index contributed by atoms with van der Waals surface area (Å²) < 4.78 is 0.966. The van der Waals surface area contributed by atoms with Gasteiger partial charge in [0.2, 0.25) is 0 Å². The Hall–Kier alpha value is -1.19. The predicted molar refractivity (Wildman–Crippen MR) is 83.1 cm³/mol. The van der Waals surface area contributed by atoms with Gasteiger partial charge in [0.15, 0.2) is 0 Å². The third kappa shape index (κ3) is 3.43. The molecular formula is C11H6ClIN2O3S. The Morgan fingerprint density at radius 1 is 1.42 bits per heavy atom. The number of nitrogens with one attached hydrogen (secondary N) is 1. The second kappa shape index (κ2) is 5.85. The van der Waals surface area contributed by atoms with E-state index in [1.54, 1.807) is 11.4 Å². The first kappa shape index (κ1) is 14.2. The summed E-state index contributed by atoms with van der Waals surface area (Å²) in [5.41, 5.74) is 0.366. The summed E-state index contributed by atoms with van der Waals surface area (Å²) in [5, 5.41) is 15.3. The number of thiophene rings is 1. The van der Waals surface area contributed by atoms with Gasteiger partial charge in [-0.15, -0.1) is 11.3 Å². The fraction of sp³-hybridized carbons (Fsp3) is 0. The van der Waals surface area contributed by atoms with Gasteiger partial charge in [-0.25, -0.2) is 0 Å². The Morgan fingerprint density at radius 2 is 2.16 bits per heavy atom. The van der Waals surface area contributed by atoms with Crippen LogP contribution in [-0.2, 0) is 0 Å². The summed E-state index contributed by atoms with van der Waals surface area (Å²) in [4.78, 5) is 22.2. The molecule has 0 spiro atoms. The van der Waals surface area contributed by atoms with Gasteiger partial charge in [0, 0.05) is 16.5 Å². The molecule has 0 bridgehead atoms. The molecule has 0 unspecified atom stereocenters. The summed E-state index contributed by atoms with van der Waals surface area (Å²) in [7, 11) is 0. The maximum Gasteiger partial charge on any atom is 0.294 e. The van der Waals surface area contributed by atoms with Crippen molar-refractivity contribution >= 4 is 62.8 Å². The van der Waals surface area contributed by atoms with Crippen LogP contribution in [0.4, 0.5) is 11.4 Å². The normalized spacial score (nSPS) is 10.2. The highest BCUT2D eigenvalue weighted by molar-refractivity contribution is 14.1. The molecule has 0 aliphatic heterocycles. The summed E-state index contributed by atoms with van der Waals surface area (Å²) in [6.45, 7) is 0. The first-order valence-corrected chi connectivity index (χ1v) is 7.30. The van der Waals surface area contributed by atoms with E-state index in [1.807, 2.05) is 0 Å². The zero-order valence-electron chi connectivity index (χ0n) is 9.22. The number of carbonyl (C=O) groups excluding carboxylic acids is 1. The lowest BCUT2D eigenvalue weighted by Gasteiger charge is -2.05. The first-order valence-electron chi connectivity index (χ1n) is 4.96. The zero-order valence-corrected chi connectivity index (χ0v) is 13.0. The zero-order chi connectivity index (χ0) is 14.0. The molecule has 1 aromatic heterocycles. The Balaban J connectivity index is 2.28. The van der Waals surface area contributed by atoms with Crippen LogP contribution in [-0.4, -0.2) is 10.8 Å². The van der Waals surface area contributed by atoms with E-state index in [0.717, 1.165) is 2.88 Å². The highest BCUT2D eigenvalue weighted by Gasteiger charge is 2.17. The average Bonchev–Trinajstić information content (AvgIpc) is 2.78. The number of carbonyl (C=O) groups is 1. The van der Waals surface area contributed by atoms with Crippen LogP contribution >= 0.6 is 45.5 Å². The summed E-state index contributed by atoms with van der Waals surface area (Å²) in [5.74, 6) is -0.385. The molecule has 19 heavy (non-hydrogen) atoms. The molecule has 1 N–H and O–H groups in total. The first-order chi connectivity index (χ1) is 8.97. The SMILES string of the molecule is O=C(Nc1ccc(Cl)cc1[N+](=O)[O-])c1csc(I)c1. The van der Waals surface area contributed by atoms with Gasteiger partial charge >= 0.3 is 0 Å². The lowest BCUT2D eigenvalue weighted by Crippen LogP contribution is -2.12. The molecule has 1 aromatic carbocycles. The van der Waals surface area contributed by atoms with Crippen molar-refractivity contribution in [3.63, 3.8) is 0 Å². The largest absolute Gasteiger partial charge is 0.316 e. The summed E-state index contributed by atoms with van der Waals surface area (Å²) >= 11 is 9.23. The minimum atomic E-state index is -0.584. The molecule has 1 heterocycles. The number of hydrogen-bond donors (Lipinski definition) is 1. The molecule has 0 radical (unpaired) electrons. The minimum Gasteiger partial charge on any atom is -0.316 e. The number of hydrogen-bond acceptors (Lipinski definition) is 4. The molecule has 98 valence electrons. The third-order valence-electron chi connectivity index (χ3n) is 2.23. The van der Waals surface area contributed by atoms with Crippen molar-refractivity contribution in [3.8, 4) is 0 Å². The Kier molecular flexibility index (Phi) is 4.38. The third-order valence-corrected chi connectivity index (χ3v) is 4.26. The monoisotopic (exact) mass is 408 g/mol. The highest BCUT2D eigenvalue weighted by atomic mass is 127. The summed E-state index contributed by atoms with van der Waals surface area (Å²) in [6, 6.07) is 5.81. The van der Waals surface area contributed by atoms with E-state index in [-0.39, 0.29) is 22.3 Å². The van der Waals surface area contributed by atoms with Crippen molar-refractivity contribution in [2.45, 2.75) is 0 Å². The van der Waals surface area contributed by atoms with Crippen molar-refractivity contribution < 1.29 is 9.72 Å². The Labute approximate surface area is 130 Å². The maximum absolute atomic E-state index is 11.9. The lowest BCUT2D eigenvalue weighted by atomic mass is 10.2. The number of benzene rings is 1. The minimum absolute atomic E-state index is 0.126. The van der Waals surface area contributed by atoms with E-state index < -0.39 is 4.92 Å². The second-order valence-corrected chi connectivity index (χ2v) is 6.75. The van der Waals surface area contributed by atoms with Gasteiger partial charge in [0.1, 0.15) is 5.69 Å². The van der Waals surface area contributed by atoms with Gasteiger partial charge in [0.05, 0.1) is 13.4 Å². The van der Waals surface area contributed by atoms with Crippen LogP contribution in [0.1, 0.15) is 10.4 Å². The van der Waals surface area contributed by atoms with Crippen LogP contribution in [0.5, 0.6) is 0 Å². The molecule has 0 saturated carbocycles. The fourth-order valence-electron chi connectivity index (χ4n) is 1.39. The molecule has 0 saturated heterocycles. The molecule has 0 aliphatic carbocycles. The van der Waals surface area contributed by atoms with Crippen LogP contribution in [0.2, 0.25) is 5.02 Å². The van der Waals surface area contributed by atoms with E-state index >= 15 is 0 Å². The van der Waals surface area contributed by atoms with E-state index in [1.165, 1.54) is 29.5 Å². The number of amides is 1. The second-order valence-electron chi connectivity index (χ2n) is 3.51. The van der Waals surface area contributed by atoms with E-state index in [2.05, 4.69) is 27.9 Å². The van der Waals surface area contributed by atoms with Crippen LogP contribution in [0.25, 0.3) is 0 Å². The molecule has 5 nitrogen and oxygen atoms in total. The average molecular weight is 409 g/mol. The molecule has 2 aromatic rings. The van der Waals surface area contributed by atoms with Crippen molar-refractivity contribution in [1.29, 1.82) is 0 Å². The van der Waals surface area contributed by atoms with Crippen LogP contribution in [0.15, 0.2) is 29.6 Å². The number of rotatable bonds is 3. The van der Waals surface area contributed by atoms with Gasteiger partial charge in [-0.05, 0) is 40.8 Å². The molecule has 0 aliphatic rings. The standard InChI is InChI=1S/C11H6ClIN2O3S/c12-7-1-2-8(9(4-7)15(17)18)14-11(16)6-3-10(13)19-5-6/h1-5H,(H,14,16). The Bertz CT molecular complexity index is 659. The van der Waals surface area contributed by atoms with Crippen molar-refractivity contribution in [2.75, 3.05) is 5.32 Å². The van der Waals surface area contributed by atoms with Gasteiger partial charge < -0.3 is 5.32 Å². The van der Waals surface area contributed by atoms with E-state index in [4.69, 9.17) is 11.6 Å². The summed E-state index contributed by atoms with van der Waals surface area (Å²) in [6.07, 6.45) is 0. The smallest absolute Gasteiger partial charge is 0.294 e. The van der Waals surface area contributed by atoms with Crippen LogP contribution in [0, 0.1) is 13.0 Å². The maximum atomic E-state index is 11.9. The number of nitro benzene ring substituents is 1. The van der Waals surface area contributed by atoms with Gasteiger partial charge in [0.25, 0.3) is 11.6 Å². The number of nitrogens with zero attached hydrogens (tertiary/aromatic N) is 1. The van der Waals surface area contributed by atoms with Gasteiger partial charge in [-0.3, -0.25) is 14.9 Å². The number of anilines is 1. The van der Waals surface area contributed by atoms with Crippen LogP contribution < -0.4 is 5.32 Å². The quantitative estimate of drug-likeness (QED) is 0.471. The molecule has 1 amide bonds. The van der Waals surface area contributed by atoms with Crippen molar-refractivity contribution in [2.24, 2.45) is 0 Å². The van der Waals surface area contributed by atoms with E-state index in [9.17, 15) is 14.9 Å². The molecule has 0 atom stereocenters. The topological polar surface area (TPSA) is 72.2 Å².